The molecule has 4 nitrogen and oxygen atoms in total. The summed E-state index contributed by atoms with van der Waals surface area (Å²) in [5.41, 5.74) is 1.44. The molecule has 1 N–H and O–H groups in total. The Morgan fingerprint density at radius 2 is 1.71 bits per heavy atom. The highest BCUT2D eigenvalue weighted by Crippen LogP contribution is 2.24. The Morgan fingerprint density at radius 1 is 1.10 bits per heavy atom. The monoisotopic (exact) mass is 324 g/mol. The van der Waals surface area contributed by atoms with Crippen LogP contribution >= 0.6 is 11.6 Å². The average molecular weight is 325 g/mol. The van der Waals surface area contributed by atoms with Gasteiger partial charge in [0.2, 0.25) is 0 Å². The van der Waals surface area contributed by atoms with Crippen molar-refractivity contribution in [1.29, 1.82) is 0 Å². The van der Waals surface area contributed by atoms with Gasteiger partial charge in [0.05, 0.1) is 10.6 Å². The average Bonchev–Trinajstić information content (AvgIpc) is 2.37. The van der Waals surface area contributed by atoms with Crippen LogP contribution in [0.15, 0.2) is 47.5 Å². The highest BCUT2D eigenvalue weighted by atomic mass is 35.5. The normalized spacial score (nSPS) is 12.2. The van der Waals surface area contributed by atoms with Gasteiger partial charge < -0.3 is 0 Å². The summed E-state index contributed by atoms with van der Waals surface area (Å²) in [4.78, 5) is 4.02. The van der Waals surface area contributed by atoms with E-state index in [2.05, 4.69) is 30.5 Å². The second-order valence-electron chi connectivity index (χ2n) is 5.75. The van der Waals surface area contributed by atoms with E-state index in [1.165, 1.54) is 12.3 Å². The van der Waals surface area contributed by atoms with Crippen LogP contribution in [-0.2, 0) is 15.4 Å². The Kier molecular flexibility index (Phi) is 4.25. The van der Waals surface area contributed by atoms with Crippen molar-refractivity contribution in [3.05, 3.63) is 53.3 Å². The van der Waals surface area contributed by atoms with Crippen LogP contribution in [0.4, 0.5) is 5.69 Å². The zero-order chi connectivity index (χ0) is 15.7. The summed E-state index contributed by atoms with van der Waals surface area (Å²) >= 11 is 5.74. The minimum absolute atomic E-state index is 0.0195. The van der Waals surface area contributed by atoms with E-state index >= 15 is 0 Å². The predicted octanol–water partition coefficient (Wildman–Crippen LogP) is 3.83. The van der Waals surface area contributed by atoms with Crippen molar-refractivity contribution >= 4 is 27.3 Å². The predicted molar refractivity (Wildman–Crippen MR) is 85.2 cm³/mol. The van der Waals surface area contributed by atoms with Gasteiger partial charge in [0.1, 0.15) is 5.15 Å². The molecule has 0 spiro atoms. The SMILES string of the molecule is CC(C)(C)c1ccc(S(=O)(=O)Nc2ccnc(Cl)c2)cc1. The number of rotatable bonds is 3. The molecule has 0 fully saturated rings. The fraction of sp³-hybridized carbons (Fsp3) is 0.267. The van der Waals surface area contributed by atoms with Crippen molar-refractivity contribution in [2.75, 3.05) is 4.72 Å². The first kappa shape index (κ1) is 15.8. The Labute approximate surface area is 130 Å². The fourth-order valence-electron chi connectivity index (χ4n) is 1.81. The maximum absolute atomic E-state index is 12.3. The van der Waals surface area contributed by atoms with Crippen molar-refractivity contribution in [2.45, 2.75) is 31.1 Å². The molecule has 6 heteroatoms. The molecule has 0 aliphatic heterocycles. The van der Waals surface area contributed by atoms with Gasteiger partial charge in [-0.1, -0.05) is 44.5 Å². The van der Waals surface area contributed by atoms with E-state index < -0.39 is 10.0 Å². The second-order valence-corrected chi connectivity index (χ2v) is 7.82. The molecule has 21 heavy (non-hydrogen) atoms. The Hall–Kier alpha value is -1.59. The van der Waals surface area contributed by atoms with E-state index in [0.29, 0.717) is 5.69 Å². The molecule has 112 valence electrons. The lowest BCUT2D eigenvalue weighted by Gasteiger charge is -2.19. The van der Waals surface area contributed by atoms with Crippen molar-refractivity contribution in [3.63, 3.8) is 0 Å². The number of anilines is 1. The molecule has 0 bridgehead atoms. The van der Waals surface area contributed by atoms with Crippen molar-refractivity contribution in [1.82, 2.24) is 4.98 Å². The van der Waals surface area contributed by atoms with Crippen LogP contribution in [-0.4, -0.2) is 13.4 Å². The van der Waals surface area contributed by atoms with Crippen molar-refractivity contribution < 1.29 is 8.42 Å². The summed E-state index contributed by atoms with van der Waals surface area (Å²) in [5.74, 6) is 0. The molecule has 0 saturated carbocycles. The van der Waals surface area contributed by atoms with Gasteiger partial charge in [-0.05, 0) is 35.2 Å². The number of nitrogens with zero attached hydrogens (tertiary/aromatic N) is 1. The molecule has 2 aromatic rings. The quantitative estimate of drug-likeness (QED) is 0.873. The number of sulfonamides is 1. The fourth-order valence-corrected chi connectivity index (χ4v) is 3.04. The number of halogens is 1. The highest BCUT2D eigenvalue weighted by molar-refractivity contribution is 7.92. The summed E-state index contributed by atoms with van der Waals surface area (Å²) in [5, 5.41) is 0.235. The molecule has 0 amide bonds. The first-order valence-corrected chi connectivity index (χ1v) is 8.29. The summed E-state index contributed by atoms with van der Waals surface area (Å²) in [7, 11) is -3.63. The topological polar surface area (TPSA) is 59.1 Å². The van der Waals surface area contributed by atoms with Crippen LogP contribution < -0.4 is 4.72 Å². The smallest absolute Gasteiger partial charge is 0.261 e. The minimum Gasteiger partial charge on any atom is -0.279 e. The molecule has 2 rings (SSSR count). The molecular formula is C15H17ClN2O2S. The molecule has 1 aromatic heterocycles. The van der Waals surface area contributed by atoms with Gasteiger partial charge in [0.25, 0.3) is 10.0 Å². The van der Waals surface area contributed by atoms with Crippen LogP contribution in [0.5, 0.6) is 0 Å². The third kappa shape index (κ3) is 3.95. The van der Waals surface area contributed by atoms with Gasteiger partial charge in [0, 0.05) is 6.20 Å². The van der Waals surface area contributed by atoms with E-state index in [1.807, 2.05) is 12.1 Å². The first-order valence-electron chi connectivity index (χ1n) is 6.43. The lowest BCUT2D eigenvalue weighted by atomic mass is 9.87. The van der Waals surface area contributed by atoms with Crippen LogP contribution in [0, 0.1) is 0 Å². The molecule has 0 radical (unpaired) electrons. The zero-order valence-electron chi connectivity index (χ0n) is 12.1. The molecule has 1 heterocycles. The molecule has 0 unspecified atom stereocenters. The van der Waals surface area contributed by atoms with Gasteiger partial charge in [-0.2, -0.15) is 0 Å². The molecule has 0 aliphatic carbocycles. The van der Waals surface area contributed by atoms with Crippen molar-refractivity contribution in [2.24, 2.45) is 0 Å². The van der Waals surface area contributed by atoms with E-state index in [4.69, 9.17) is 11.6 Å². The van der Waals surface area contributed by atoms with Crippen LogP contribution in [0.1, 0.15) is 26.3 Å². The molecule has 1 aromatic carbocycles. The maximum Gasteiger partial charge on any atom is 0.261 e. The summed E-state index contributed by atoms with van der Waals surface area (Å²) < 4.78 is 27.1. The van der Waals surface area contributed by atoms with E-state index in [0.717, 1.165) is 5.56 Å². The van der Waals surface area contributed by atoms with Crippen LogP contribution in [0.25, 0.3) is 0 Å². The van der Waals surface area contributed by atoms with Crippen LogP contribution in [0.2, 0.25) is 5.15 Å². The van der Waals surface area contributed by atoms with Gasteiger partial charge in [-0.3, -0.25) is 4.72 Å². The largest absolute Gasteiger partial charge is 0.279 e. The van der Waals surface area contributed by atoms with E-state index in [9.17, 15) is 8.42 Å². The summed E-state index contributed by atoms with van der Waals surface area (Å²) in [6.45, 7) is 6.23. The number of pyridine rings is 1. The summed E-state index contributed by atoms with van der Waals surface area (Å²) in [6, 6.07) is 9.87. The number of benzene rings is 1. The third-order valence-electron chi connectivity index (χ3n) is 3.01. The minimum atomic E-state index is -3.63. The van der Waals surface area contributed by atoms with Gasteiger partial charge in [-0.25, -0.2) is 13.4 Å². The lowest BCUT2D eigenvalue weighted by molar-refractivity contribution is 0.587. The van der Waals surface area contributed by atoms with Gasteiger partial charge >= 0.3 is 0 Å². The van der Waals surface area contributed by atoms with E-state index in [-0.39, 0.29) is 15.5 Å². The Balaban J connectivity index is 2.28. The lowest BCUT2D eigenvalue weighted by Crippen LogP contribution is -2.15. The molecule has 0 saturated heterocycles. The number of nitrogens with one attached hydrogen (secondary N) is 1. The third-order valence-corrected chi connectivity index (χ3v) is 4.61. The highest BCUT2D eigenvalue weighted by Gasteiger charge is 2.17. The van der Waals surface area contributed by atoms with Crippen LogP contribution in [0.3, 0.4) is 0 Å². The van der Waals surface area contributed by atoms with Crippen molar-refractivity contribution in [3.8, 4) is 0 Å². The number of hydrogen-bond donors (Lipinski definition) is 1. The maximum atomic E-state index is 12.3. The van der Waals surface area contributed by atoms with E-state index in [1.54, 1.807) is 18.2 Å². The Morgan fingerprint density at radius 3 is 2.24 bits per heavy atom. The Bertz CT molecular complexity index is 735. The first-order chi connectivity index (χ1) is 9.68. The van der Waals surface area contributed by atoms with Gasteiger partial charge in [0.15, 0.2) is 0 Å². The number of hydrogen-bond acceptors (Lipinski definition) is 3. The standard InChI is InChI=1S/C15H17ClN2O2S/c1-15(2,3)11-4-6-13(7-5-11)21(19,20)18-12-8-9-17-14(16)10-12/h4-10H,1-3H3,(H,17,18). The molecule has 0 atom stereocenters. The number of aromatic nitrogens is 1. The molecule has 0 aliphatic rings. The second kappa shape index (κ2) is 5.66. The molecular weight excluding hydrogens is 308 g/mol. The zero-order valence-corrected chi connectivity index (χ0v) is 13.7. The summed E-state index contributed by atoms with van der Waals surface area (Å²) in [6.07, 6.45) is 1.45. The van der Waals surface area contributed by atoms with Gasteiger partial charge in [-0.15, -0.1) is 0 Å².